The Balaban J connectivity index is 4.20. The summed E-state index contributed by atoms with van der Waals surface area (Å²) in [7, 11) is 1.49. The number of hydrogen-bond acceptors (Lipinski definition) is 7. The first kappa shape index (κ1) is 62.5. The lowest BCUT2D eigenvalue weighted by molar-refractivity contribution is -0.870. The van der Waals surface area contributed by atoms with E-state index in [2.05, 4.69) is 38.2 Å². The predicted molar refractivity (Wildman–Crippen MR) is 271 cm³/mol. The molecule has 1 N–H and O–H groups in total. The fourth-order valence-electron chi connectivity index (χ4n) is 7.71. The van der Waals surface area contributed by atoms with Gasteiger partial charge in [-0.25, -0.2) is 4.57 Å². The molecule has 0 aromatic carbocycles. The van der Waals surface area contributed by atoms with Gasteiger partial charge in [0.1, 0.15) is 19.8 Å². The monoisotopic (exact) mass is 927 g/mol. The molecule has 64 heavy (non-hydrogen) atoms. The highest BCUT2D eigenvalue weighted by atomic mass is 31.2. The number of phosphoric ester groups is 1. The number of allylic oxidation sites excluding steroid dienone is 4. The van der Waals surface area contributed by atoms with Crippen LogP contribution in [0.25, 0.3) is 0 Å². The number of hydrogen-bond donors (Lipinski definition) is 1. The molecule has 2 atom stereocenters. The lowest BCUT2D eigenvalue weighted by Crippen LogP contribution is -2.37. The van der Waals surface area contributed by atoms with Gasteiger partial charge in [0.15, 0.2) is 6.10 Å². The zero-order chi connectivity index (χ0) is 47.1. The zero-order valence-electron chi connectivity index (χ0n) is 42.8. The lowest BCUT2D eigenvalue weighted by Gasteiger charge is -2.24. The molecule has 0 heterocycles. The Kier molecular flexibility index (Phi) is 45.5. The molecule has 0 aliphatic carbocycles. The van der Waals surface area contributed by atoms with Crippen molar-refractivity contribution in [3.63, 3.8) is 0 Å². The Morgan fingerprint density at radius 2 is 0.797 bits per heavy atom. The Hall–Kier alpha value is -1.51. The molecule has 9 nitrogen and oxygen atoms in total. The average Bonchev–Trinajstić information content (AvgIpc) is 3.25. The van der Waals surface area contributed by atoms with Crippen LogP contribution < -0.4 is 0 Å². The number of carbonyl (C=O) groups excluding carboxylic acids is 2. The van der Waals surface area contributed by atoms with Crippen molar-refractivity contribution in [3.8, 4) is 0 Å². The average molecular weight is 927 g/mol. The SMILES string of the molecule is CCCCCCCC/C=C/CCCCCCCCCCCCCC(=O)O[C@H](COC(=O)CCCCCCCCCCC/C=C/CCCCCCCC)COP(=O)(O)OCC[N+](C)(C)C. The summed E-state index contributed by atoms with van der Waals surface area (Å²) in [5.74, 6) is -0.789. The molecule has 0 aromatic rings. The van der Waals surface area contributed by atoms with E-state index in [9.17, 15) is 19.0 Å². The third-order valence-corrected chi connectivity index (χ3v) is 12.9. The number of ether oxygens (including phenoxy) is 2. The molecule has 0 aliphatic rings. The molecule has 0 rings (SSSR count). The number of esters is 2. The minimum atomic E-state index is -4.38. The molecule has 1 unspecified atom stereocenters. The summed E-state index contributed by atoms with van der Waals surface area (Å²) in [6.07, 6.45) is 53.7. The number of phosphoric acid groups is 1. The molecule has 0 saturated heterocycles. The van der Waals surface area contributed by atoms with Gasteiger partial charge < -0.3 is 18.9 Å². The fraction of sp³-hybridized carbons (Fsp3) is 0.889. The summed E-state index contributed by atoms with van der Waals surface area (Å²) in [5, 5.41) is 0. The van der Waals surface area contributed by atoms with E-state index in [0.29, 0.717) is 17.4 Å². The number of unbranched alkanes of at least 4 members (excludes halogenated alkanes) is 32. The van der Waals surface area contributed by atoms with Crippen molar-refractivity contribution < 1.29 is 42.1 Å². The van der Waals surface area contributed by atoms with Crippen LogP contribution in [0.2, 0.25) is 0 Å². The van der Waals surface area contributed by atoms with Crippen LogP contribution in [-0.4, -0.2) is 74.9 Å². The highest BCUT2D eigenvalue weighted by Crippen LogP contribution is 2.43. The van der Waals surface area contributed by atoms with Gasteiger partial charge in [-0.05, 0) is 64.2 Å². The number of likely N-dealkylation sites (N-methyl/N-ethyl adjacent to an activating group) is 1. The van der Waals surface area contributed by atoms with Crippen molar-refractivity contribution >= 4 is 19.8 Å². The number of rotatable bonds is 50. The zero-order valence-corrected chi connectivity index (χ0v) is 43.7. The van der Waals surface area contributed by atoms with Crippen LogP contribution in [0.1, 0.15) is 258 Å². The summed E-state index contributed by atoms with van der Waals surface area (Å²) in [5.41, 5.74) is 0. The van der Waals surface area contributed by atoms with Crippen molar-refractivity contribution in [1.82, 2.24) is 0 Å². The number of nitrogens with zero attached hydrogens (tertiary/aromatic N) is 1. The first-order chi connectivity index (χ1) is 31.0. The van der Waals surface area contributed by atoms with Gasteiger partial charge >= 0.3 is 19.8 Å². The van der Waals surface area contributed by atoms with Gasteiger partial charge in [0, 0.05) is 12.8 Å². The van der Waals surface area contributed by atoms with Crippen LogP contribution in [0.5, 0.6) is 0 Å². The Labute approximate surface area is 396 Å². The van der Waals surface area contributed by atoms with E-state index in [1.165, 1.54) is 193 Å². The van der Waals surface area contributed by atoms with Gasteiger partial charge in [-0.2, -0.15) is 0 Å². The molecule has 0 radical (unpaired) electrons. The van der Waals surface area contributed by atoms with E-state index in [0.717, 1.165) is 32.1 Å². The molecule has 0 saturated carbocycles. The van der Waals surface area contributed by atoms with Crippen LogP contribution in [0.3, 0.4) is 0 Å². The van der Waals surface area contributed by atoms with Crippen LogP contribution in [0.15, 0.2) is 24.3 Å². The smallest absolute Gasteiger partial charge is 0.462 e. The molecule has 0 bridgehead atoms. The van der Waals surface area contributed by atoms with Gasteiger partial charge in [-0.15, -0.1) is 0 Å². The maximum absolute atomic E-state index is 12.8. The second-order valence-electron chi connectivity index (χ2n) is 19.6. The normalized spacial score (nSPS) is 13.5. The maximum Gasteiger partial charge on any atom is 0.472 e. The maximum atomic E-state index is 12.8. The van der Waals surface area contributed by atoms with Crippen molar-refractivity contribution in [2.24, 2.45) is 0 Å². The molecule has 0 spiro atoms. The molecule has 0 amide bonds. The molecule has 378 valence electrons. The van der Waals surface area contributed by atoms with Gasteiger partial charge in [0.05, 0.1) is 27.7 Å². The summed E-state index contributed by atoms with van der Waals surface area (Å²) in [4.78, 5) is 35.6. The van der Waals surface area contributed by atoms with E-state index in [1.807, 2.05) is 21.1 Å². The third-order valence-electron chi connectivity index (χ3n) is 12.0. The van der Waals surface area contributed by atoms with E-state index in [1.54, 1.807) is 0 Å². The van der Waals surface area contributed by atoms with Crippen molar-refractivity contribution in [2.75, 3.05) is 47.5 Å². The van der Waals surface area contributed by atoms with E-state index in [4.69, 9.17) is 18.5 Å². The Morgan fingerprint density at radius 1 is 0.469 bits per heavy atom. The van der Waals surface area contributed by atoms with Crippen LogP contribution in [0, 0.1) is 0 Å². The van der Waals surface area contributed by atoms with Crippen LogP contribution in [0.4, 0.5) is 0 Å². The highest BCUT2D eigenvalue weighted by molar-refractivity contribution is 7.47. The van der Waals surface area contributed by atoms with Crippen LogP contribution in [-0.2, 0) is 32.7 Å². The van der Waals surface area contributed by atoms with E-state index >= 15 is 0 Å². The molecule has 0 aromatic heterocycles. The van der Waals surface area contributed by atoms with Gasteiger partial charge in [0.25, 0.3) is 0 Å². The minimum absolute atomic E-state index is 0.0332. The predicted octanol–water partition coefficient (Wildman–Crippen LogP) is 16.3. The minimum Gasteiger partial charge on any atom is -0.462 e. The topological polar surface area (TPSA) is 108 Å². The van der Waals surface area contributed by atoms with Crippen LogP contribution >= 0.6 is 7.82 Å². The first-order valence-electron chi connectivity index (χ1n) is 27.1. The first-order valence-corrected chi connectivity index (χ1v) is 28.6. The van der Waals surface area contributed by atoms with E-state index < -0.39 is 26.5 Å². The van der Waals surface area contributed by atoms with Crippen molar-refractivity contribution in [3.05, 3.63) is 24.3 Å². The van der Waals surface area contributed by atoms with Gasteiger partial charge in [-0.1, -0.05) is 205 Å². The second kappa shape index (κ2) is 46.6. The fourth-order valence-corrected chi connectivity index (χ4v) is 8.45. The van der Waals surface area contributed by atoms with Gasteiger partial charge in [-0.3, -0.25) is 18.6 Å². The van der Waals surface area contributed by atoms with Crippen molar-refractivity contribution in [2.45, 2.75) is 264 Å². The molecule has 10 heteroatoms. The second-order valence-corrected chi connectivity index (χ2v) is 21.1. The molecule has 0 fully saturated rings. The molecular weight excluding hydrogens is 822 g/mol. The Bertz CT molecular complexity index is 1140. The lowest BCUT2D eigenvalue weighted by atomic mass is 10.0. The number of quaternary nitrogens is 1. The summed E-state index contributed by atoms with van der Waals surface area (Å²) >= 11 is 0. The third kappa shape index (κ3) is 49.9. The molecular formula is C54H105NO8P+. The van der Waals surface area contributed by atoms with Gasteiger partial charge in [0.2, 0.25) is 0 Å². The number of carbonyl (C=O) groups is 2. The summed E-state index contributed by atoms with van der Waals surface area (Å²) in [6.45, 7) is 4.46. The Morgan fingerprint density at radius 3 is 1.16 bits per heavy atom. The largest absolute Gasteiger partial charge is 0.472 e. The summed E-state index contributed by atoms with van der Waals surface area (Å²) < 4.78 is 34.5. The summed E-state index contributed by atoms with van der Waals surface area (Å²) in [6, 6.07) is 0. The van der Waals surface area contributed by atoms with E-state index in [-0.39, 0.29) is 32.0 Å². The molecule has 0 aliphatic heterocycles. The standard InChI is InChI=1S/C54H104NO8P/c1-6-8-10-12-14-16-18-20-22-24-26-27-29-31-33-35-37-39-41-43-45-47-54(57)63-52(51-62-64(58,59)61-49-48-55(3,4)5)50-60-53(56)46-44-42-40-38-36-34-32-30-28-25-23-21-19-17-15-13-11-9-7-2/h20-23,52H,6-19,24-51H2,1-5H3/p+1/b22-20+,23-21+/t52-/m1/s1. The quantitative estimate of drug-likeness (QED) is 0.0211. The highest BCUT2D eigenvalue weighted by Gasteiger charge is 2.27. The van der Waals surface area contributed by atoms with Crippen molar-refractivity contribution in [1.29, 1.82) is 0 Å².